The molecule has 0 heterocycles. The van der Waals surface area contributed by atoms with Gasteiger partial charge in [0.25, 0.3) is 0 Å². The summed E-state index contributed by atoms with van der Waals surface area (Å²) < 4.78 is 5.06. The van der Waals surface area contributed by atoms with Gasteiger partial charge in [0.05, 0.1) is 24.4 Å². The van der Waals surface area contributed by atoms with Crippen molar-refractivity contribution in [3.8, 4) is 5.75 Å². The molecule has 0 bridgehead atoms. The van der Waals surface area contributed by atoms with Gasteiger partial charge in [-0.2, -0.15) is 0 Å². The molecule has 21 heavy (non-hydrogen) atoms. The van der Waals surface area contributed by atoms with Crippen LogP contribution in [0.25, 0.3) is 0 Å². The van der Waals surface area contributed by atoms with Gasteiger partial charge in [-0.1, -0.05) is 17.7 Å². The van der Waals surface area contributed by atoms with Gasteiger partial charge in [-0.3, -0.25) is 4.79 Å². The van der Waals surface area contributed by atoms with Crippen LogP contribution in [0.4, 0.5) is 11.4 Å². The van der Waals surface area contributed by atoms with Crippen LogP contribution >= 0.6 is 11.6 Å². The van der Waals surface area contributed by atoms with Crippen molar-refractivity contribution in [3.05, 3.63) is 53.1 Å². The molecule has 0 aromatic heterocycles. The van der Waals surface area contributed by atoms with Crippen LogP contribution in [-0.4, -0.2) is 19.6 Å². The third-order valence-corrected chi connectivity index (χ3v) is 3.25. The second-order valence-corrected chi connectivity index (χ2v) is 5.02. The Morgan fingerprint density at radius 3 is 2.52 bits per heavy atom. The molecule has 4 nitrogen and oxygen atoms in total. The molecule has 0 fully saturated rings. The summed E-state index contributed by atoms with van der Waals surface area (Å²) >= 11 is 6.10. The number of rotatable bonds is 5. The average molecular weight is 305 g/mol. The van der Waals surface area contributed by atoms with Crippen molar-refractivity contribution in [1.82, 2.24) is 0 Å². The lowest BCUT2D eigenvalue weighted by Crippen LogP contribution is -2.21. The van der Waals surface area contributed by atoms with E-state index in [1.165, 1.54) is 0 Å². The monoisotopic (exact) mass is 304 g/mol. The molecule has 0 aliphatic carbocycles. The Morgan fingerprint density at radius 1 is 1.19 bits per heavy atom. The second-order valence-electron chi connectivity index (χ2n) is 4.61. The average Bonchev–Trinajstić information content (AvgIpc) is 2.47. The Bertz CT molecular complexity index is 627. The number of anilines is 2. The predicted molar refractivity (Wildman–Crippen MR) is 86.3 cm³/mol. The molecule has 1 amide bonds. The van der Waals surface area contributed by atoms with E-state index in [1.54, 1.807) is 31.4 Å². The molecule has 2 N–H and O–H groups in total. The lowest BCUT2D eigenvalue weighted by atomic mass is 10.2. The van der Waals surface area contributed by atoms with Gasteiger partial charge < -0.3 is 15.4 Å². The predicted octanol–water partition coefficient (Wildman–Crippen LogP) is 3.71. The molecule has 2 rings (SSSR count). The number of carbonyl (C=O) groups excluding carboxylic acids is 1. The lowest BCUT2D eigenvalue weighted by molar-refractivity contribution is -0.114. The maximum Gasteiger partial charge on any atom is 0.243 e. The number of hydrogen-bond donors (Lipinski definition) is 2. The van der Waals surface area contributed by atoms with Crippen molar-refractivity contribution in [3.63, 3.8) is 0 Å². The standard InChI is InChI=1S/C16H17ClN2O2/c1-11-3-8-15(14(17)9-11)18-10-16(20)19-12-4-6-13(21-2)7-5-12/h3-9,18H,10H2,1-2H3,(H,19,20). The Balaban J connectivity index is 1.89. The highest BCUT2D eigenvalue weighted by Crippen LogP contribution is 2.22. The van der Waals surface area contributed by atoms with Crippen LogP contribution in [-0.2, 0) is 4.79 Å². The Morgan fingerprint density at radius 2 is 1.90 bits per heavy atom. The number of amides is 1. The molecule has 0 radical (unpaired) electrons. The van der Waals surface area contributed by atoms with Crippen molar-refractivity contribution in [2.45, 2.75) is 6.92 Å². The largest absolute Gasteiger partial charge is 0.497 e. The van der Waals surface area contributed by atoms with Gasteiger partial charge in [0.2, 0.25) is 5.91 Å². The zero-order chi connectivity index (χ0) is 15.2. The number of hydrogen-bond acceptors (Lipinski definition) is 3. The normalized spacial score (nSPS) is 10.0. The maximum absolute atomic E-state index is 11.9. The summed E-state index contributed by atoms with van der Waals surface area (Å²) in [6, 6.07) is 12.8. The molecule has 2 aromatic rings. The number of carbonyl (C=O) groups is 1. The molecule has 0 atom stereocenters. The maximum atomic E-state index is 11.9. The number of nitrogens with one attached hydrogen (secondary N) is 2. The third kappa shape index (κ3) is 4.39. The highest BCUT2D eigenvalue weighted by Gasteiger charge is 2.05. The summed E-state index contributed by atoms with van der Waals surface area (Å²) in [6.45, 7) is 2.11. The number of aryl methyl sites for hydroxylation is 1. The molecular weight excluding hydrogens is 288 g/mol. The first-order chi connectivity index (χ1) is 10.1. The fourth-order valence-electron chi connectivity index (χ4n) is 1.82. The summed E-state index contributed by atoms with van der Waals surface area (Å²) in [5.74, 6) is 0.606. The molecule has 0 aliphatic heterocycles. The van der Waals surface area contributed by atoms with Gasteiger partial charge in [-0.05, 0) is 48.9 Å². The fourth-order valence-corrected chi connectivity index (χ4v) is 2.12. The molecule has 0 spiro atoms. The van der Waals surface area contributed by atoms with Crippen molar-refractivity contribution in [2.24, 2.45) is 0 Å². The first-order valence-electron chi connectivity index (χ1n) is 6.52. The van der Waals surface area contributed by atoms with E-state index in [1.807, 2.05) is 25.1 Å². The third-order valence-electron chi connectivity index (χ3n) is 2.94. The molecule has 110 valence electrons. The van der Waals surface area contributed by atoms with E-state index < -0.39 is 0 Å². The molecule has 0 unspecified atom stereocenters. The molecule has 2 aromatic carbocycles. The highest BCUT2D eigenvalue weighted by atomic mass is 35.5. The minimum Gasteiger partial charge on any atom is -0.497 e. The van der Waals surface area contributed by atoms with E-state index in [0.717, 1.165) is 22.7 Å². The summed E-state index contributed by atoms with van der Waals surface area (Å²) in [5.41, 5.74) is 2.54. The first-order valence-corrected chi connectivity index (χ1v) is 6.90. The van der Waals surface area contributed by atoms with Gasteiger partial charge in [-0.15, -0.1) is 0 Å². The Labute approximate surface area is 129 Å². The lowest BCUT2D eigenvalue weighted by Gasteiger charge is -2.10. The van der Waals surface area contributed by atoms with E-state index in [-0.39, 0.29) is 12.5 Å². The highest BCUT2D eigenvalue weighted by molar-refractivity contribution is 6.33. The van der Waals surface area contributed by atoms with Crippen LogP contribution in [0.15, 0.2) is 42.5 Å². The van der Waals surface area contributed by atoms with Crippen molar-refractivity contribution < 1.29 is 9.53 Å². The zero-order valence-corrected chi connectivity index (χ0v) is 12.7. The van der Waals surface area contributed by atoms with E-state index in [9.17, 15) is 4.79 Å². The summed E-state index contributed by atoms with van der Waals surface area (Å²) in [7, 11) is 1.60. The van der Waals surface area contributed by atoms with Gasteiger partial charge in [0.1, 0.15) is 5.75 Å². The fraction of sp³-hybridized carbons (Fsp3) is 0.188. The van der Waals surface area contributed by atoms with E-state index in [4.69, 9.17) is 16.3 Å². The summed E-state index contributed by atoms with van der Waals surface area (Å²) in [5, 5.41) is 6.41. The van der Waals surface area contributed by atoms with Gasteiger partial charge in [-0.25, -0.2) is 0 Å². The SMILES string of the molecule is COc1ccc(NC(=O)CNc2ccc(C)cc2Cl)cc1. The zero-order valence-electron chi connectivity index (χ0n) is 11.9. The van der Waals surface area contributed by atoms with Gasteiger partial charge in [0.15, 0.2) is 0 Å². The molecule has 0 saturated heterocycles. The number of methoxy groups -OCH3 is 1. The van der Waals surface area contributed by atoms with E-state index >= 15 is 0 Å². The van der Waals surface area contributed by atoms with Crippen LogP contribution in [0.3, 0.4) is 0 Å². The van der Waals surface area contributed by atoms with Crippen LogP contribution in [0.2, 0.25) is 5.02 Å². The van der Waals surface area contributed by atoms with Gasteiger partial charge >= 0.3 is 0 Å². The van der Waals surface area contributed by atoms with Crippen molar-refractivity contribution in [2.75, 3.05) is 24.3 Å². The topological polar surface area (TPSA) is 50.4 Å². The number of halogens is 1. The van der Waals surface area contributed by atoms with Crippen molar-refractivity contribution >= 4 is 28.9 Å². The second kappa shape index (κ2) is 6.99. The summed E-state index contributed by atoms with van der Waals surface area (Å²) in [4.78, 5) is 11.9. The molecule has 0 aliphatic rings. The smallest absolute Gasteiger partial charge is 0.243 e. The quantitative estimate of drug-likeness (QED) is 0.885. The molecule has 0 saturated carbocycles. The van der Waals surface area contributed by atoms with Crippen LogP contribution in [0, 0.1) is 6.92 Å². The van der Waals surface area contributed by atoms with E-state index in [0.29, 0.717) is 5.02 Å². The van der Waals surface area contributed by atoms with Gasteiger partial charge in [0, 0.05) is 5.69 Å². The van der Waals surface area contributed by atoms with E-state index in [2.05, 4.69) is 10.6 Å². The number of benzene rings is 2. The Hall–Kier alpha value is -2.20. The first kappa shape index (κ1) is 15.2. The van der Waals surface area contributed by atoms with Crippen LogP contribution in [0.1, 0.15) is 5.56 Å². The number of ether oxygens (including phenoxy) is 1. The molecule has 5 heteroatoms. The van der Waals surface area contributed by atoms with Crippen LogP contribution < -0.4 is 15.4 Å². The molecular formula is C16H17ClN2O2. The minimum absolute atomic E-state index is 0.142. The van der Waals surface area contributed by atoms with Crippen LogP contribution in [0.5, 0.6) is 5.75 Å². The minimum atomic E-state index is -0.142. The Kier molecular flexibility index (Phi) is 5.06. The summed E-state index contributed by atoms with van der Waals surface area (Å²) in [6.07, 6.45) is 0. The van der Waals surface area contributed by atoms with Crippen molar-refractivity contribution in [1.29, 1.82) is 0 Å².